The zero-order valence-corrected chi connectivity index (χ0v) is 21.1. The molecule has 1 fully saturated rings. The monoisotopic (exact) mass is 514 g/mol. The highest BCUT2D eigenvalue weighted by atomic mass is 16.5. The van der Waals surface area contributed by atoms with Crippen molar-refractivity contribution >= 4 is 11.9 Å². The van der Waals surface area contributed by atoms with Crippen molar-refractivity contribution < 1.29 is 28.2 Å². The van der Waals surface area contributed by atoms with Gasteiger partial charge in [-0.15, -0.1) is 0 Å². The van der Waals surface area contributed by atoms with E-state index < -0.39 is 29.7 Å². The van der Waals surface area contributed by atoms with Crippen molar-refractivity contribution in [2.75, 3.05) is 21.3 Å². The molecule has 1 aliphatic rings. The Morgan fingerprint density at radius 1 is 0.868 bits per heavy atom. The van der Waals surface area contributed by atoms with Crippen molar-refractivity contribution in [3.63, 3.8) is 0 Å². The highest BCUT2D eigenvalue weighted by Gasteiger charge is 2.55. The molecule has 0 radical (unpaired) electrons. The number of carbonyl (C=O) groups excluding carboxylic acids is 2. The maximum atomic E-state index is 13.7. The molecule has 0 N–H and O–H groups in total. The largest absolute Gasteiger partial charge is 0.497 e. The van der Waals surface area contributed by atoms with Crippen molar-refractivity contribution in [3.8, 4) is 34.1 Å². The van der Waals surface area contributed by atoms with Gasteiger partial charge in [0.25, 0.3) is 0 Å². The van der Waals surface area contributed by atoms with Gasteiger partial charge >= 0.3 is 11.7 Å². The van der Waals surface area contributed by atoms with Crippen LogP contribution in [0.25, 0.3) is 22.6 Å². The second-order valence-corrected chi connectivity index (χ2v) is 8.70. The number of benzene rings is 3. The molecule has 0 aliphatic carbocycles. The SMILES string of the molecule is COC(=O)[C@@H]1[C@H](n2c(-c3ccccc3)c(-c3ccccc3)oc2=O)C(=O)N1Cc1ccc(OC)cc1OC. The number of carbonyl (C=O) groups is 2. The lowest BCUT2D eigenvalue weighted by atomic mass is 9.92. The van der Waals surface area contributed by atoms with Crippen LogP contribution in [0.2, 0.25) is 0 Å². The fourth-order valence-corrected chi connectivity index (χ4v) is 4.79. The second-order valence-electron chi connectivity index (χ2n) is 8.70. The molecule has 0 bridgehead atoms. The number of ether oxygens (including phenoxy) is 3. The van der Waals surface area contributed by atoms with E-state index in [0.717, 1.165) is 0 Å². The van der Waals surface area contributed by atoms with E-state index >= 15 is 0 Å². The molecule has 2 atom stereocenters. The number of nitrogens with zero attached hydrogens (tertiary/aromatic N) is 2. The van der Waals surface area contributed by atoms with Crippen molar-refractivity contribution in [2.24, 2.45) is 0 Å². The quantitative estimate of drug-likeness (QED) is 0.260. The fourth-order valence-electron chi connectivity index (χ4n) is 4.79. The molecule has 194 valence electrons. The van der Waals surface area contributed by atoms with Crippen LogP contribution in [0.15, 0.2) is 88.1 Å². The van der Waals surface area contributed by atoms with Crippen LogP contribution in [-0.2, 0) is 20.9 Å². The predicted octanol–water partition coefficient (Wildman–Crippen LogP) is 3.92. The van der Waals surface area contributed by atoms with Crippen LogP contribution in [0.3, 0.4) is 0 Å². The summed E-state index contributed by atoms with van der Waals surface area (Å²) >= 11 is 0. The summed E-state index contributed by atoms with van der Waals surface area (Å²) in [6.45, 7) is 0.0705. The number of oxazole rings is 1. The first-order valence-electron chi connectivity index (χ1n) is 11.9. The minimum Gasteiger partial charge on any atom is -0.497 e. The third kappa shape index (κ3) is 4.21. The van der Waals surface area contributed by atoms with E-state index in [1.807, 2.05) is 60.7 Å². The zero-order chi connectivity index (χ0) is 26.8. The van der Waals surface area contributed by atoms with Gasteiger partial charge in [0.15, 0.2) is 17.8 Å². The summed E-state index contributed by atoms with van der Waals surface area (Å²) < 4.78 is 22.8. The van der Waals surface area contributed by atoms with E-state index in [4.69, 9.17) is 18.6 Å². The first kappa shape index (κ1) is 24.9. The summed E-state index contributed by atoms with van der Waals surface area (Å²) in [5.41, 5.74) is 2.42. The Balaban J connectivity index is 1.61. The van der Waals surface area contributed by atoms with Crippen LogP contribution in [-0.4, -0.2) is 48.7 Å². The number of β-lactam (4-membered cyclic amide) rings is 1. The van der Waals surface area contributed by atoms with Crippen LogP contribution in [0, 0.1) is 0 Å². The molecule has 1 aromatic heterocycles. The molecule has 3 aromatic carbocycles. The van der Waals surface area contributed by atoms with Gasteiger partial charge in [0, 0.05) is 22.8 Å². The first-order valence-corrected chi connectivity index (χ1v) is 11.9. The fraction of sp³-hybridized carbons (Fsp3) is 0.207. The number of aromatic nitrogens is 1. The average molecular weight is 515 g/mol. The Morgan fingerprint density at radius 3 is 2.13 bits per heavy atom. The Morgan fingerprint density at radius 2 is 1.53 bits per heavy atom. The smallest absolute Gasteiger partial charge is 0.420 e. The van der Waals surface area contributed by atoms with E-state index in [9.17, 15) is 14.4 Å². The third-order valence-electron chi connectivity index (χ3n) is 6.65. The predicted molar refractivity (Wildman–Crippen MR) is 139 cm³/mol. The minimum absolute atomic E-state index is 0.0705. The van der Waals surface area contributed by atoms with Gasteiger partial charge in [-0.25, -0.2) is 9.59 Å². The highest BCUT2D eigenvalue weighted by molar-refractivity contribution is 5.99. The minimum atomic E-state index is -1.14. The number of methoxy groups -OCH3 is 3. The van der Waals surface area contributed by atoms with E-state index in [1.54, 1.807) is 25.3 Å². The van der Waals surface area contributed by atoms with E-state index in [-0.39, 0.29) is 6.54 Å². The molecular weight excluding hydrogens is 488 g/mol. The lowest BCUT2D eigenvalue weighted by molar-refractivity contribution is -0.172. The molecule has 38 heavy (non-hydrogen) atoms. The van der Waals surface area contributed by atoms with Gasteiger partial charge in [0.1, 0.15) is 11.5 Å². The molecule has 0 spiro atoms. The lowest BCUT2D eigenvalue weighted by Gasteiger charge is -2.45. The van der Waals surface area contributed by atoms with Gasteiger partial charge in [0.2, 0.25) is 5.91 Å². The van der Waals surface area contributed by atoms with Gasteiger partial charge in [-0.3, -0.25) is 9.36 Å². The highest BCUT2D eigenvalue weighted by Crippen LogP contribution is 2.40. The molecule has 1 saturated heterocycles. The van der Waals surface area contributed by atoms with Crippen molar-refractivity contribution in [3.05, 3.63) is 95.0 Å². The molecule has 1 aliphatic heterocycles. The van der Waals surface area contributed by atoms with Gasteiger partial charge < -0.3 is 23.5 Å². The Labute approximate surface area is 218 Å². The average Bonchev–Trinajstić information content (AvgIpc) is 3.30. The summed E-state index contributed by atoms with van der Waals surface area (Å²) in [5.74, 6) is -0.395. The molecule has 0 saturated carbocycles. The van der Waals surface area contributed by atoms with Crippen LogP contribution in [0.1, 0.15) is 11.6 Å². The summed E-state index contributed by atoms with van der Waals surface area (Å²) in [7, 11) is 4.31. The molecular formula is C29H26N2O7. The number of hydrogen-bond donors (Lipinski definition) is 0. The van der Waals surface area contributed by atoms with Crippen molar-refractivity contribution in [1.82, 2.24) is 9.47 Å². The number of hydrogen-bond acceptors (Lipinski definition) is 7. The normalized spacial score (nSPS) is 16.6. The molecule has 9 heteroatoms. The number of rotatable bonds is 8. The van der Waals surface area contributed by atoms with Gasteiger partial charge in [-0.2, -0.15) is 0 Å². The van der Waals surface area contributed by atoms with E-state index in [0.29, 0.717) is 39.6 Å². The topological polar surface area (TPSA) is 100 Å². The maximum Gasteiger partial charge on any atom is 0.420 e. The standard InChI is InChI=1S/C29H26N2O7/c1-35-21-15-14-20(22(16-21)36-2)17-30-25(28(33)37-3)24(27(30)32)31-23(18-10-6-4-7-11-18)26(38-29(31)34)19-12-8-5-9-13-19/h4-16,24-25H,17H2,1-3H3/t24-,25-/m0/s1. The summed E-state index contributed by atoms with van der Waals surface area (Å²) in [5, 5.41) is 0. The number of esters is 1. The number of amides is 1. The van der Waals surface area contributed by atoms with Crippen molar-refractivity contribution in [1.29, 1.82) is 0 Å². The molecule has 4 aromatic rings. The first-order chi connectivity index (χ1) is 18.5. The Bertz CT molecular complexity index is 1530. The maximum absolute atomic E-state index is 13.7. The zero-order valence-electron chi connectivity index (χ0n) is 21.1. The van der Waals surface area contributed by atoms with E-state index in [1.165, 1.54) is 23.7 Å². The third-order valence-corrected chi connectivity index (χ3v) is 6.65. The van der Waals surface area contributed by atoms with Gasteiger partial charge in [0.05, 0.1) is 33.6 Å². The lowest BCUT2D eigenvalue weighted by Crippen LogP contribution is -2.65. The summed E-state index contributed by atoms with van der Waals surface area (Å²) in [6.07, 6.45) is 0. The second kappa shape index (κ2) is 10.3. The van der Waals surface area contributed by atoms with Crippen LogP contribution in [0.5, 0.6) is 11.5 Å². The molecule has 1 amide bonds. The molecule has 5 rings (SSSR count). The van der Waals surface area contributed by atoms with Gasteiger partial charge in [-0.1, -0.05) is 60.7 Å². The van der Waals surface area contributed by atoms with Gasteiger partial charge in [-0.05, 0) is 12.1 Å². The number of likely N-dealkylation sites (tertiary alicyclic amines) is 1. The molecule has 0 unspecified atom stereocenters. The molecule has 9 nitrogen and oxygen atoms in total. The van der Waals surface area contributed by atoms with Crippen molar-refractivity contribution in [2.45, 2.75) is 18.6 Å². The summed E-state index contributed by atoms with van der Waals surface area (Å²) in [6, 6.07) is 21.3. The van der Waals surface area contributed by atoms with E-state index in [2.05, 4.69) is 0 Å². The van der Waals surface area contributed by atoms with Crippen LogP contribution < -0.4 is 15.2 Å². The Hall–Kier alpha value is -4.79. The summed E-state index contributed by atoms with van der Waals surface area (Å²) in [4.78, 5) is 41.3. The Kier molecular flexibility index (Phi) is 6.74. The van der Waals surface area contributed by atoms with Crippen LogP contribution in [0.4, 0.5) is 0 Å². The molecule has 2 heterocycles. The van der Waals surface area contributed by atoms with Crippen LogP contribution >= 0.6 is 0 Å².